The van der Waals surface area contributed by atoms with E-state index in [1.165, 1.54) is 42.6 Å². The summed E-state index contributed by atoms with van der Waals surface area (Å²) in [5.74, 6) is -2.86. The number of amides is 1. The van der Waals surface area contributed by atoms with Crippen molar-refractivity contribution in [1.82, 2.24) is 9.97 Å². The maximum Gasteiger partial charge on any atom is 0.339 e. The Morgan fingerprint density at radius 1 is 1.22 bits per heavy atom. The number of ether oxygens (including phenoxy) is 1. The SMILES string of the molecule is Cl.O=C(O)c1cc(Nc2ncc(C(=O)Nc3c(F)cccc3Cl)c(NCC3CCCO3)n2)ccc1O. The second-order valence-corrected chi connectivity index (χ2v) is 8.09. The zero-order valence-corrected chi connectivity index (χ0v) is 20.2. The Kier molecular flexibility index (Phi) is 8.86. The van der Waals surface area contributed by atoms with Crippen molar-refractivity contribution in [3.8, 4) is 5.75 Å². The number of aromatic hydroxyl groups is 1. The minimum atomic E-state index is -1.30. The molecule has 5 N–H and O–H groups in total. The molecule has 1 aliphatic rings. The zero-order chi connectivity index (χ0) is 24.9. The second-order valence-electron chi connectivity index (χ2n) is 7.68. The van der Waals surface area contributed by atoms with E-state index in [1.807, 2.05) is 0 Å². The van der Waals surface area contributed by atoms with Crippen molar-refractivity contribution in [3.63, 3.8) is 0 Å². The van der Waals surface area contributed by atoms with Crippen LogP contribution in [0.5, 0.6) is 5.75 Å². The van der Waals surface area contributed by atoms with Gasteiger partial charge in [0.15, 0.2) is 0 Å². The van der Waals surface area contributed by atoms with Crippen LogP contribution < -0.4 is 16.0 Å². The van der Waals surface area contributed by atoms with Crippen LogP contribution in [0.4, 0.5) is 27.5 Å². The van der Waals surface area contributed by atoms with Crippen molar-refractivity contribution >= 4 is 59.0 Å². The number of nitrogens with one attached hydrogen (secondary N) is 3. The van der Waals surface area contributed by atoms with Crippen LogP contribution in [0.1, 0.15) is 33.6 Å². The minimum Gasteiger partial charge on any atom is -0.507 e. The third kappa shape index (κ3) is 6.30. The Morgan fingerprint density at radius 2 is 2.03 bits per heavy atom. The van der Waals surface area contributed by atoms with Gasteiger partial charge < -0.3 is 30.9 Å². The first kappa shape index (κ1) is 26.9. The molecule has 2 aromatic carbocycles. The van der Waals surface area contributed by atoms with E-state index in [0.29, 0.717) is 18.8 Å². The number of hydrogen-bond acceptors (Lipinski definition) is 8. The number of carbonyl (C=O) groups excluding carboxylic acids is 1. The number of carboxylic acid groups (broad SMARTS) is 1. The van der Waals surface area contributed by atoms with E-state index >= 15 is 0 Å². The molecule has 13 heteroatoms. The van der Waals surface area contributed by atoms with Gasteiger partial charge >= 0.3 is 5.97 Å². The van der Waals surface area contributed by atoms with Gasteiger partial charge in [0.2, 0.25) is 5.95 Å². The summed E-state index contributed by atoms with van der Waals surface area (Å²) in [6.45, 7) is 1.02. The summed E-state index contributed by atoms with van der Waals surface area (Å²) in [6.07, 6.45) is 2.96. The largest absolute Gasteiger partial charge is 0.507 e. The van der Waals surface area contributed by atoms with Gasteiger partial charge in [0, 0.05) is 25.0 Å². The number of halogens is 3. The minimum absolute atomic E-state index is 0. The third-order valence-corrected chi connectivity index (χ3v) is 5.55. The maximum atomic E-state index is 14.2. The van der Waals surface area contributed by atoms with E-state index in [-0.39, 0.29) is 57.9 Å². The highest BCUT2D eigenvalue weighted by atomic mass is 35.5. The number of anilines is 4. The molecule has 1 aromatic heterocycles. The molecule has 1 amide bonds. The van der Waals surface area contributed by atoms with Crippen LogP contribution >= 0.6 is 24.0 Å². The number of aromatic carboxylic acids is 1. The van der Waals surface area contributed by atoms with Gasteiger partial charge in [-0.05, 0) is 43.2 Å². The molecule has 2 heterocycles. The first-order valence-corrected chi connectivity index (χ1v) is 11.0. The van der Waals surface area contributed by atoms with Crippen molar-refractivity contribution in [2.75, 3.05) is 29.1 Å². The van der Waals surface area contributed by atoms with Gasteiger partial charge in [-0.3, -0.25) is 4.79 Å². The Balaban J connectivity index is 0.00000361. The van der Waals surface area contributed by atoms with Crippen LogP contribution in [-0.2, 0) is 4.74 Å². The molecule has 36 heavy (non-hydrogen) atoms. The fraction of sp³-hybridized carbons (Fsp3) is 0.217. The quantitative estimate of drug-likeness (QED) is 0.258. The number of benzene rings is 2. The third-order valence-electron chi connectivity index (χ3n) is 5.24. The molecule has 190 valence electrons. The van der Waals surface area contributed by atoms with E-state index in [9.17, 15) is 24.2 Å². The Morgan fingerprint density at radius 3 is 2.72 bits per heavy atom. The van der Waals surface area contributed by atoms with Gasteiger partial charge in [0.1, 0.15) is 28.5 Å². The highest BCUT2D eigenvalue weighted by Crippen LogP contribution is 2.27. The van der Waals surface area contributed by atoms with Crippen LogP contribution in [0, 0.1) is 5.82 Å². The molecule has 1 atom stereocenters. The molecule has 1 unspecified atom stereocenters. The number of rotatable bonds is 8. The molecule has 3 aromatic rings. The molecule has 4 rings (SSSR count). The van der Waals surface area contributed by atoms with Crippen molar-refractivity contribution in [2.45, 2.75) is 18.9 Å². The molecular weight excluding hydrogens is 516 g/mol. The van der Waals surface area contributed by atoms with Crippen LogP contribution in [-0.4, -0.2) is 51.3 Å². The van der Waals surface area contributed by atoms with E-state index in [1.54, 1.807) is 0 Å². The van der Waals surface area contributed by atoms with Crippen LogP contribution in [0.2, 0.25) is 5.02 Å². The number of aromatic nitrogens is 2. The molecule has 0 aliphatic carbocycles. The Labute approximate surface area is 216 Å². The lowest BCUT2D eigenvalue weighted by molar-refractivity contribution is 0.0693. The van der Waals surface area contributed by atoms with Gasteiger partial charge in [0.05, 0.1) is 16.8 Å². The molecular formula is C23H22Cl2FN5O5. The first-order chi connectivity index (χ1) is 16.8. The molecule has 0 bridgehead atoms. The second kappa shape index (κ2) is 11.8. The Hall–Kier alpha value is -3.67. The molecule has 0 saturated carbocycles. The average molecular weight is 538 g/mol. The zero-order valence-electron chi connectivity index (χ0n) is 18.6. The number of phenols is 1. The summed E-state index contributed by atoms with van der Waals surface area (Å²) in [4.78, 5) is 32.7. The number of para-hydroxylation sites is 1. The van der Waals surface area contributed by atoms with Crippen LogP contribution in [0.3, 0.4) is 0 Å². The van der Waals surface area contributed by atoms with Gasteiger partial charge in [0.25, 0.3) is 5.91 Å². The number of carbonyl (C=O) groups is 2. The predicted molar refractivity (Wildman–Crippen MR) is 134 cm³/mol. The highest BCUT2D eigenvalue weighted by molar-refractivity contribution is 6.34. The Bertz CT molecular complexity index is 1250. The molecule has 1 saturated heterocycles. The van der Waals surface area contributed by atoms with Gasteiger partial charge in [-0.15, -0.1) is 12.4 Å². The summed E-state index contributed by atoms with van der Waals surface area (Å²) >= 11 is 6.02. The summed E-state index contributed by atoms with van der Waals surface area (Å²) in [5, 5.41) is 27.3. The van der Waals surface area contributed by atoms with E-state index in [2.05, 4.69) is 25.9 Å². The van der Waals surface area contributed by atoms with Crippen LogP contribution in [0.15, 0.2) is 42.6 Å². The lowest BCUT2D eigenvalue weighted by Gasteiger charge is -2.16. The fourth-order valence-corrected chi connectivity index (χ4v) is 3.68. The summed E-state index contributed by atoms with van der Waals surface area (Å²) in [6, 6.07) is 7.94. The topological polar surface area (TPSA) is 146 Å². The van der Waals surface area contributed by atoms with Gasteiger partial charge in [-0.2, -0.15) is 4.98 Å². The summed E-state index contributed by atoms with van der Waals surface area (Å²) < 4.78 is 19.8. The van der Waals surface area contributed by atoms with Crippen molar-refractivity contribution in [2.24, 2.45) is 0 Å². The molecule has 10 nitrogen and oxygen atoms in total. The maximum absolute atomic E-state index is 14.2. The first-order valence-electron chi connectivity index (χ1n) is 10.6. The fourth-order valence-electron chi connectivity index (χ4n) is 3.47. The standard InChI is InChI=1S/C23H21ClFN5O5.ClH/c24-16-4-1-5-17(25)19(16)29-21(32)15-11-27-23(30-20(15)26-10-13-3-2-8-35-13)28-12-6-7-18(31)14(9-12)22(33)34;/h1,4-7,9,11,13,31H,2-3,8,10H2,(H,29,32)(H,33,34)(H2,26,27,28,30);1H. The monoisotopic (exact) mass is 537 g/mol. The van der Waals surface area contributed by atoms with Crippen LogP contribution in [0.25, 0.3) is 0 Å². The summed E-state index contributed by atoms with van der Waals surface area (Å²) in [7, 11) is 0. The van der Waals surface area contributed by atoms with E-state index in [4.69, 9.17) is 16.3 Å². The number of carboxylic acids is 1. The lowest BCUT2D eigenvalue weighted by Crippen LogP contribution is -2.23. The van der Waals surface area contributed by atoms with Gasteiger partial charge in [-0.1, -0.05) is 17.7 Å². The smallest absolute Gasteiger partial charge is 0.339 e. The average Bonchev–Trinajstić information content (AvgIpc) is 3.35. The van der Waals surface area contributed by atoms with E-state index < -0.39 is 17.7 Å². The number of nitrogens with zero attached hydrogens (tertiary/aromatic N) is 2. The molecule has 0 radical (unpaired) electrons. The number of hydrogen-bond donors (Lipinski definition) is 5. The molecule has 1 aliphatic heterocycles. The molecule has 0 spiro atoms. The van der Waals surface area contributed by atoms with E-state index in [0.717, 1.165) is 12.8 Å². The molecule has 1 fully saturated rings. The van der Waals surface area contributed by atoms with Crippen molar-refractivity contribution < 1.29 is 28.9 Å². The predicted octanol–water partition coefficient (Wildman–Crippen LogP) is 4.68. The highest BCUT2D eigenvalue weighted by Gasteiger charge is 2.21. The van der Waals surface area contributed by atoms with Crippen molar-refractivity contribution in [1.29, 1.82) is 0 Å². The van der Waals surface area contributed by atoms with Gasteiger partial charge in [-0.25, -0.2) is 14.2 Å². The lowest BCUT2D eigenvalue weighted by atomic mass is 10.2. The van der Waals surface area contributed by atoms with Crippen molar-refractivity contribution in [3.05, 3.63) is 64.6 Å². The normalized spacial score (nSPS) is 14.6. The summed E-state index contributed by atoms with van der Waals surface area (Å²) in [5.41, 5.74) is -0.133.